The maximum atomic E-state index is 12.9. The van der Waals surface area contributed by atoms with Crippen LogP contribution in [-0.2, 0) is 0 Å². The maximum absolute atomic E-state index is 12.9. The van der Waals surface area contributed by atoms with Gasteiger partial charge in [-0.25, -0.2) is 0 Å². The van der Waals surface area contributed by atoms with Gasteiger partial charge in [0.1, 0.15) is 18.1 Å². The first-order valence-electron chi connectivity index (χ1n) is 9.67. The van der Waals surface area contributed by atoms with Gasteiger partial charge in [0.25, 0.3) is 5.91 Å². The lowest BCUT2D eigenvalue weighted by Gasteiger charge is -2.48. The second kappa shape index (κ2) is 7.43. The molecule has 2 aliphatic heterocycles. The lowest BCUT2D eigenvalue weighted by Crippen LogP contribution is -2.59. The fourth-order valence-electron chi connectivity index (χ4n) is 4.50. The molecule has 6 nitrogen and oxygen atoms in total. The Morgan fingerprint density at radius 2 is 1.93 bits per heavy atom. The number of likely N-dealkylation sites (tertiary alicyclic amines) is 2. The Morgan fingerprint density at radius 3 is 2.61 bits per heavy atom. The van der Waals surface area contributed by atoms with Gasteiger partial charge in [-0.2, -0.15) is 0 Å². The van der Waals surface area contributed by atoms with Crippen LogP contribution in [0.15, 0.2) is 42.7 Å². The molecular formula is C22H27N3O3. The highest BCUT2D eigenvalue weighted by Crippen LogP contribution is 2.42. The molecule has 2 aromatic rings. The SMILES string of the molecule is COc1ccc(C(=O)N2CC3(CC(COc4ccncc4)N(C)C3)C2)c(C)c1. The number of rotatable bonds is 5. The normalized spacial score (nSPS) is 20.8. The molecule has 2 saturated heterocycles. The third-order valence-electron chi connectivity index (χ3n) is 5.97. The van der Waals surface area contributed by atoms with Gasteiger partial charge >= 0.3 is 0 Å². The van der Waals surface area contributed by atoms with E-state index < -0.39 is 0 Å². The van der Waals surface area contributed by atoms with Crippen molar-refractivity contribution in [2.45, 2.75) is 19.4 Å². The molecule has 1 amide bonds. The molecule has 0 bridgehead atoms. The number of hydrogen-bond acceptors (Lipinski definition) is 5. The van der Waals surface area contributed by atoms with Gasteiger partial charge in [0.2, 0.25) is 0 Å². The highest BCUT2D eigenvalue weighted by atomic mass is 16.5. The van der Waals surface area contributed by atoms with E-state index in [0.717, 1.165) is 48.7 Å². The average Bonchev–Trinajstić information content (AvgIpc) is 3.02. The minimum atomic E-state index is 0.116. The van der Waals surface area contributed by atoms with E-state index in [-0.39, 0.29) is 11.3 Å². The van der Waals surface area contributed by atoms with Gasteiger partial charge in [0.05, 0.1) is 7.11 Å². The van der Waals surface area contributed by atoms with E-state index >= 15 is 0 Å². The van der Waals surface area contributed by atoms with Gasteiger partial charge in [0.15, 0.2) is 0 Å². The number of benzene rings is 1. The molecule has 0 N–H and O–H groups in total. The minimum Gasteiger partial charge on any atom is -0.497 e. The quantitative estimate of drug-likeness (QED) is 0.797. The molecule has 1 unspecified atom stereocenters. The molecule has 3 heterocycles. The minimum absolute atomic E-state index is 0.116. The zero-order valence-corrected chi connectivity index (χ0v) is 16.7. The lowest BCUT2D eigenvalue weighted by molar-refractivity contribution is 0.0113. The highest BCUT2D eigenvalue weighted by Gasteiger charge is 2.52. The molecule has 1 spiro atoms. The van der Waals surface area contributed by atoms with Crippen molar-refractivity contribution in [1.82, 2.24) is 14.8 Å². The van der Waals surface area contributed by atoms with Crippen molar-refractivity contribution in [3.8, 4) is 11.5 Å². The van der Waals surface area contributed by atoms with Crippen LogP contribution in [0.1, 0.15) is 22.3 Å². The number of methoxy groups -OCH3 is 1. The summed E-state index contributed by atoms with van der Waals surface area (Å²) in [5.74, 6) is 1.75. The van der Waals surface area contributed by atoms with Crippen molar-refractivity contribution < 1.29 is 14.3 Å². The van der Waals surface area contributed by atoms with E-state index in [0.29, 0.717) is 12.6 Å². The number of nitrogens with zero attached hydrogens (tertiary/aromatic N) is 3. The predicted octanol–water partition coefficient (Wildman–Crippen LogP) is 2.62. The van der Waals surface area contributed by atoms with Crippen LogP contribution < -0.4 is 9.47 Å². The number of pyridine rings is 1. The zero-order valence-electron chi connectivity index (χ0n) is 16.7. The average molecular weight is 381 g/mol. The Bertz CT molecular complexity index is 849. The van der Waals surface area contributed by atoms with Crippen molar-refractivity contribution in [3.05, 3.63) is 53.9 Å². The molecule has 1 atom stereocenters. The summed E-state index contributed by atoms with van der Waals surface area (Å²) >= 11 is 0. The van der Waals surface area contributed by atoms with Gasteiger partial charge in [-0.3, -0.25) is 14.7 Å². The summed E-state index contributed by atoms with van der Waals surface area (Å²) in [5.41, 5.74) is 1.91. The first-order valence-corrected chi connectivity index (χ1v) is 9.67. The molecule has 0 radical (unpaired) electrons. The number of amides is 1. The fourth-order valence-corrected chi connectivity index (χ4v) is 4.50. The van der Waals surface area contributed by atoms with Gasteiger partial charge in [-0.1, -0.05) is 0 Å². The maximum Gasteiger partial charge on any atom is 0.254 e. The molecule has 28 heavy (non-hydrogen) atoms. The standard InChI is InChI=1S/C22H27N3O3/c1-16-10-19(27-3)4-5-20(16)21(26)25-14-22(15-25)11-17(24(2)13-22)12-28-18-6-8-23-9-7-18/h4-10,17H,11-15H2,1-3H3. The third-order valence-corrected chi connectivity index (χ3v) is 5.97. The van der Waals surface area contributed by atoms with Crippen LogP contribution >= 0.6 is 0 Å². The Balaban J connectivity index is 1.34. The summed E-state index contributed by atoms with van der Waals surface area (Å²) in [6.07, 6.45) is 4.54. The Kier molecular flexibility index (Phi) is 4.98. The number of aromatic nitrogens is 1. The first kappa shape index (κ1) is 18.7. The molecule has 2 fully saturated rings. The van der Waals surface area contributed by atoms with Crippen LogP contribution in [0, 0.1) is 12.3 Å². The molecule has 4 rings (SSSR count). The number of aryl methyl sites for hydroxylation is 1. The van der Waals surface area contributed by atoms with Gasteiger partial charge in [-0.05, 0) is 56.3 Å². The molecule has 1 aromatic carbocycles. The smallest absolute Gasteiger partial charge is 0.254 e. The molecular weight excluding hydrogens is 354 g/mol. The fraction of sp³-hybridized carbons (Fsp3) is 0.455. The predicted molar refractivity (Wildman–Crippen MR) is 107 cm³/mol. The molecule has 148 valence electrons. The van der Waals surface area contributed by atoms with Crippen LogP contribution in [0.5, 0.6) is 11.5 Å². The second-order valence-corrected chi connectivity index (χ2v) is 8.11. The summed E-state index contributed by atoms with van der Waals surface area (Å²) in [7, 11) is 3.79. The number of ether oxygens (including phenoxy) is 2. The van der Waals surface area contributed by atoms with E-state index in [1.165, 1.54) is 0 Å². The number of carbonyl (C=O) groups excluding carboxylic acids is 1. The molecule has 6 heteroatoms. The lowest BCUT2D eigenvalue weighted by atomic mass is 9.77. The summed E-state index contributed by atoms with van der Waals surface area (Å²) in [6.45, 7) is 5.25. The van der Waals surface area contributed by atoms with Gasteiger partial charge < -0.3 is 14.4 Å². The monoisotopic (exact) mass is 381 g/mol. The Hall–Kier alpha value is -2.60. The Morgan fingerprint density at radius 1 is 1.18 bits per heavy atom. The molecule has 0 aliphatic carbocycles. The highest BCUT2D eigenvalue weighted by molar-refractivity contribution is 5.96. The van der Waals surface area contributed by atoms with Crippen molar-refractivity contribution in [1.29, 1.82) is 0 Å². The van der Waals surface area contributed by atoms with Crippen LogP contribution in [0.4, 0.5) is 0 Å². The number of hydrogen-bond donors (Lipinski definition) is 0. The van der Waals surface area contributed by atoms with Crippen LogP contribution in [-0.4, -0.2) is 67.1 Å². The number of likely N-dealkylation sites (N-methyl/N-ethyl adjacent to an activating group) is 1. The number of carbonyl (C=O) groups is 1. The van der Waals surface area contributed by atoms with Gasteiger partial charge in [-0.15, -0.1) is 0 Å². The summed E-state index contributed by atoms with van der Waals surface area (Å²) in [4.78, 5) is 21.2. The van der Waals surface area contributed by atoms with Crippen molar-refractivity contribution in [2.24, 2.45) is 5.41 Å². The zero-order chi connectivity index (χ0) is 19.7. The topological polar surface area (TPSA) is 54.9 Å². The van der Waals surface area contributed by atoms with Crippen molar-refractivity contribution >= 4 is 5.91 Å². The van der Waals surface area contributed by atoms with Crippen LogP contribution in [0.2, 0.25) is 0 Å². The first-order chi connectivity index (χ1) is 13.5. The van der Waals surface area contributed by atoms with E-state index in [1.54, 1.807) is 19.5 Å². The summed E-state index contributed by atoms with van der Waals surface area (Å²) in [5, 5.41) is 0. The largest absolute Gasteiger partial charge is 0.497 e. The second-order valence-electron chi connectivity index (χ2n) is 8.11. The van der Waals surface area contributed by atoms with E-state index in [1.807, 2.05) is 42.2 Å². The van der Waals surface area contributed by atoms with E-state index in [4.69, 9.17) is 9.47 Å². The summed E-state index contributed by atoms with van der Waals surface area (Å²) < 4.78 is 11.2. The van der Waals surface area contributed by atoms with Crippen LogP contribution in [0.25, 0.3) is 0 Å². The summed E-state index contributed by atoms with van der Waals surface area (Å²) in [6, 6.07) is 9.77. The van der Waals surface area contributed by atoms with E-state index in [2.05, 4.69) is 16.9 Å². The van der Waals surface area contributed by atoms with E-state index in [9.17, 15) is 4.79 Å². The Labute approximate surface area is 166 Å². The molecule has 1 aromatic heterocycles. The van der Waals surface area contributed by atoms with Crippen molar-refractivity contribution in [2.75, 3.05) is 40.4 Å². The van der Waals surface area contributed by atoms with Crippen LogP contribution in [0.3, 0.4) is 0 Å². The molecule has 0 saturated carbocycles. The molecule has 2 aliphatic rings. The third kappa shape index (κ3) is 3.56. The van der Waals surface area contributed by atoms with Crippen molar-refractivity contribution in [3.63, 3.8) is 0 Å². The van der Waals surface area contributed by atoms with Gasteiger partial charge in [0, 0.05) is 49.0 Å².